The second-order valence-electron chi connectivity index (χ2n) is 8.59. The summed E-state index contributed by atoms with van der Waals surface area (Å²) in [6.45, 7) is 8.70. The maximum absolute atomic E-state index is 12.0. The number of nitrogens with zero attached hydrogens (tertiary/aromatic N) is 2. The van der Waals surface area contributed by atoms with Crippen molar-refractivity contribution in [3.8, 4) is 0 Å². The minimum atomic E-state index is -0.146. The van der Waals surface area contributed by atoms with E-state index in [0.717, 1.165) is 45.6 Å². The largest absolute Gasteiger partial charge is 0.369 e. The van der Waals surface area contributed by atoms with Gasteiger partial charge in [0.15, 0.2) is 0 Å². The molecule has 0 aromatic heterocycles. The van der Waals surface area contributed by atoms with Crippen molar-refractivity contribution in [3.05, 3.63) is 64.7 Å². The number of amides is 2. The highest BCUT2D eigenvalue weighted by Gasteiger charge is 2.16. The molecular weight excluding hydrogens is 436 g/mol. The Balaban J connectivity index is 1.19. The van der Waals surface area contributed by atoms with Crippen molar-refractivity contribution in [2.24, 2.45) is 0 Å². The van der Waals surface area contributed by atoms with E-state index in [-0.39, 0.29) is 11.8 Å². The molecular formula is C26H35ClN4O2. The summed E-state index contributed by atoms with van der Waals surface area (Å²) in [7, 11) is 0. The molecule has 0 unspecified atom stereocenters. The van der Waals surface area contributed by atoms with Crippen LogP contribution in [0.2, 0.25) is 5.02 Å². The fraction of sp³-hybridized carbons (Fsp3) is 0.462. The molecule has 1 aliphatic heterocycles. The summed E-state index contributed by atoms with van der Waals surface area (Å²) >= 11 is 5.83. The van der Waals surface area contributed by atoms with Crippen LogP contribution in [0.4, 0.5) is 5.69 Å². The zero-order chi connectivity index (χ0) is 23.5. The summed E-state index contributed by atoms with van der Waals surface area (Å²) < 4.78 is 0. The van der Waals surface area contributed by atoms with E-state index >= 15 is 0 Å². The van der Waals surface area contributed by atoms with Gasteiger partial charge in [-0.05, 0) is 74.7 Å². The van der Waals surface area contributed by atoms with Crippen LogP contribution in [0.5, 0.6) is 0 Å². The number of nitrogens with one attached hydrogen (secondary N) is 2. The van der Waals surface area contributed by atoms with E-state index < -0.39 is 0 Å². The van der Waals surface area contributed by atoms with Crippen LogP contribution in [0.15, 0.2) is 48.5 Å². The standard InChI is InChI=1S/C26H35ClN4O2/c1-21-6-4-7-24(20-21)31-18-16-30(17-19-31)15-3-2-13-28-25(32)8-5-14-29-26(33)22-9-11-23(27)12-10-22/h4,6-7,9-12,20H,2-3,5,8,13-19H2,1H3,(H,28,32)(H,29,33). The van der Waals surface area contributed by atoms with Gasteiger partial charge in [-0.2, -0.15) is 0 Å². The molecule has 3 rings (SSSR count). The Labute approximate surface area is 202 Å². The molecule has 2 N–H and O–H groups in total. The molecule has 178 valence electrons. The van der Waals surface area contributed by atoms with Crippen LogP contribution in [0.25, 0.3) is 0 Å². The third kappa shape index (κ3) is 8.71. The summed E-state index contributed by atoms with van der Waals surface area (Å²) in [4.78, 5) is 29.0. The number of unbranched alkanes of at least 4 members (excludes halogenated alkanes) is 1. The molecule has 2 aromatic carbocycles. The molecule has 0 radical (unpaired) electrons. The number of benzene rings is 2. The van der Waals surface area contributed by atoms with Crippen LogP contribution in [-0.4, -0.2) is 62.5 Å². The van der Waals surface area contributed by atoms with Gasteiger partial charge >= 0.3 is 0 Å². The lowest BCUT2D eigenvalue weighted by Crippen LogP contribution is -2.46. The molecule has 1 heterocycles. The minimum Gasteiger partial charge on any atom is -0.369 e. The van der Waals surface area contributed by atoms with E-state index in [1.165, 1.54) is 11.3 Å². The first kappa shape index (κ1) is 25.1. The number of piperazine rings is 1. The summed E-state index contributed by atoms with van der Waals surface area (Å²) in [5, 5.41) is 6.42. The van der Waals surface area contributed by atoms with Crippen LogP contribution in [-0.2, 0) is 4.79 Å². The third-order valence-electron chi connectivity index (χ3n) is 5.93. The molecule has 0 saturated carbocycles. The second-order valence-corrected chi connectivity index (χ2v) is 9.03. The zero-order valence-corrected chi connectivity index (χ0v) is 20.2. The number of carbonyl (C=O) groups excluding carboxylic acids is 2. The highest BCUT2D eigenvalue weighted by atomic mass is 35.5. The van der Waals surface area contributed by atoms with Crippen molar-refractivity contribution in [1.29, 1.82) is 0 Å². The number of anilines is 1. The van der Waals surface area contributed by atoms with Gasteiger partial charge in [-0.25, -0.2) is 0 Å². The molecule has 1 fully saturated rings. The Morgan fingerprint density at radius 3 is 2.36 bits per heavy atom. The molecule has 0 spiro atoms. The van der Waals surface area contributed by atoms with Crippen molar-refractivity contribution in [1.82, 2.24) is 15.5 Å². The van der Waals surface area contributed by atoms with Gasteiger partial charge in [0.25, 0.3) is 5.91 Å². The highest BCUT2D eigenvalue weighted by molar-refractivity contribution is 6.30. The van der Waals surface area contributed by atoms with Crippen molar-refractivity contribution in [3.63, 3.8) is 0 Å². The maximum atomic E-state index is 12.0. The van der Waals surface area contributed by atoms with Gasteiger partial charge < -0.3 is 15.5 Å². The summed E-state index contributed by atoms with van der Waals surface area (Å²) in [6.07, 6.45) is 3.11. The first-order valence-corrected chi connectivity index (χ1v) is 12.2. The van der Waals surface area contributed by atoms with Crippen LogP contribution < -0.4 is 15.5 Å². The van der Waals surface area contributed by atoms with E-state index in [2.05, 4.69) is 51.6 Å². The molecule has 2 aromatic rings. The predicted octanol–water partition coefficient (Wildman–Crippen LogP) is 3.88. The smallest absolute Gasteiger partial charge is 0.251 e. The zero-order valence-electron chi connectivity index (χ0n) is 19.5. The van der Waals surface area contributed by atoms with Gasteiger partial charge in [-0.1, -0.05) is 23.7 Å². The van der Waals surface area contributed by atoms with Crippen molar-refractivity contribution in [2.75, 3.05) is 50.7 Å². The number of rotatable bonds is 11. The van der Waals surface area contributed by atoms with Gasteiger partial charge in [0.05, 0.1) is 0 Å². The Hall–Kier alpha value is -2.57. The number of halogens is 1. The predicted molar refractivity (Wildman–Crippen MR) is 135 cm³/mol. The SMILES string of the molecule is Cc1cccc(N2CCN(CCCCNC(=O)CCCNC(=O)c3ccc(Cl)cc3)CC2)c1. The molecule has 0 atom stereocenters. The topological polar surface area (TPSA) is 64.7 Å². The Morgan fingerprint density at radius 1 is 0.909 bits per heavy atom. The normalized spacial score (nSPS) is 14.2. The molecule has 7 heteroatoms. The molecule has 2 amide bonds. The van der Waals surface area contributed by atoms with Crippen LogP contribution >= 0.6 is 11.6 Å². The highest BCUT2D eigenvalue weighted by Crippen LogP contribution is 2.18. The quantitative estimate of drug-likeness (QED) is 0.489. The van der Waals surface area contributed by atoms with E-state index in [1.807, 2.05) is 0 Å². The van der Waals surface area contributed by atoms with Crippen molar-refractivity contribution in [2.45, 2.75) is 32.6 Å². The van der Waals surface area contributed by atoms with Crippen molar-refractivity contribution >= 4 is 29.1 Å². The van der Waals surface area contributed by atoms with E-state index in [4.69, 9.17) is 11.6 Å². The average Bonchev–Trinajstić information content (AvgIpc) is 2.82. The van der Waals surface area contributed by atoms with Gasteiger partial charge in [-0.15, -0.1) is 0 Å². The van der Waals surface area contributed by atoms with Crippen LogP contribution in [0, 0.1) is 6.92 Å². The van der Waals surface area contributed by atoms with Crippen LogP contribution in [0.3, 0.4) is 0 Å². The molecule has 0 aliphatic carbocycles. The monoisotopic (exact) mass is 470 g/mol. The second kappa shape index (κ2) is 13.2. The number of aryl methyl sites for hydroxylation is 1. The van der Waals surface area contributed by atoms with E-state index in [9.17, 15) is 9.59 Å². The Bertz CT molecular complexity index is 895. The van der Waals surface area contributed by atoms with Gasteiger partial charge in [0.2, 0.25) is 5.91 Å². The lowest BCUT2D eigenvalue weighted by Gasteiger charge is -2.36. The average molecular weight is 471 g/mol. The number of carbonyl (C=O) groups is 2. The summed E-state index contributed by atoms with van der Waals surface area (Å²) in [6, 6.07) is 15.5. The lowest BCUT2D eigenvalue weighted by molar-refractivity contribution is -0.121. The van der Waals surface area contributed by atoms with Gasteiger partial charge in [0.1, 0.15) is 0 Å². The fourth-order valence-electron chi connectivity index (χ4n) is 3.99. The summed E-state index contributed by atoms with van der Waals surface area (Å²) in [5.41, 5.74) is 3.20. The third-order valence-corrected chi connectivity index (χ3v) is 6.19. The minimum absolute atomic E-state index is 0.0440. The molecule has 0 bridgehead atoms. The van der Waals surface area contributed by atoms with Gasteiger partial charge in [0, 0.05) is 62.0 Å². The number of hydrogen-bond donors (Lipinski definition) is 2. The fourth-order valence-corrected chi connectivity index (χ4v) is 4.11. The Morgan fingerprint density at radius 2 is 1.64 bits per heavy atom. The van der Waals surface area contributed by atoms with Gasteiger partial charge in [-0.3, -0.25) is 14.5 Å². The lowest BCUT2D eigenvalue weighted by atomic mass is 10.2. The molecule has 33 heavy (non-hydrogen) atoms. The first-order valence-electron chi connectivity index (χ1n) is 11.9. The van der Waals surface area contributed by atoms with E-state index in [1.54, 1.807) is 24.3 Å². The molecule has 6 nitrogen and oxygen atoms in total. The van der Waals surface area contributed by atoms with E-state index in [0.29, 0.717) is 36.5 Å². The molecule has 1 aliphatic rings. The summed E-state index contributed by atoms with van der Waals surface area (Å²) in [5.74, 6) is -0.102. The first-order chi connectivity index (χ1) is 16.0. The van der Waals surface area contributed by atoms with Crippen molar-refractivity contribution < 1.29 is 9.59 Å². The Kier molecular flexibility index (Phi) is 10.0. The maximum Gasteiger partial charge on any atom is 0.251 e. The van der Waals surface area contributed by atoms with Crippen LogP contribution in [0.1, 0.15) is 41.6 Å². The molecule has 1 saturated heterocycles. The number of hydrogen-bond acceptors (Lipinski definition) is 4.